The van der Waals surface area contributed by atoms with E-state index in [9.17, 15) is 26.5 Å². The molecule has 9 nitrogen and oxygen atoms in total. The third kappa shape index (κ3) is 6.03. The number of alkyl halides is 5. The molecule has 0 bridgehead atoms. The van der Waals surface area contributed by atoms with Gasteiger partial charge in [-0.15, -0.1) is 10.2 Å². The molecule has 7 rings (SSSR count). The van der Waals surface area contributed by atoms with Gasteiger partial charge in [-0.1, -0.05) is 48.0 Å². The third-order valence-electron chi connectivity index (χ3n) is 7.58. The summed E-state index contributed by atoms with van der Waals surface area (Å²) >= 11 is 6.08. The quantitative estimate of drug-likeness (QED) is 0.121. The first kappa shape index (κ1) is 31.4. The SMILES string of the molecule is O=P1(OCc2ccc(-c3cc(C(F)(F)C(F)(F)F)nc4c3ccc3cc(-c5nnco5)cn34)cc2)OCC[C@@H](c2cccc(Cl)c2)O1. The average molecular weight is 691 g/mol. The minimum absolute atomic E-state index is 0.0763. The van der Waals surface area contributed by atoms with Gasteiger partial charge in [0.15, 0.2) is 0 Å². The lowest BCUT2D eigenvalue weighted by atomic mass is 9.99. The van der Waals surface area contributed by atoms with Crippen LogP contribution in [0.25, 0.3) is 39.1 Å². The molecule has 1 aliphatic heterocycles. The summed E-state index contributed by atoms with van der Waals surface area (Å²) in [6.07, 6.45) is -3.45. The molecule has 0 radical (unpaired) electrons. The summed E-state index contributed by atoms with van der Waals surface area (Å²) < 4.78 is 106. The molecule has 2 aromatic carbocycles. The molecule has 1 saturated heterocycles. The number of hydrogen-bond donors (Lipinski definition) is 0. The average Bonchev–Trinajstić information content (AvgIpc) is 3.74. The van der Waals surface area contributed by atoms with E-state index in [1.807, 2.05) is 0 Å². The number of pyridine rings is 2. The molecule has 4 aromatic heterocycles. The van der Waals surface area contributed by atoms with Gasteiger partial charge in [0.1, 0.15) is 11.3 Å². The number of phosphoric ester groups is 1. The van der Waals surface area contributed by atoms with Crippen molar-refractivity contribution in [1.29, 1.82) is 0 Å². The highest BCUT2D eigenvalue weighted by Gasteiger charge is 2.60. The maximum Gasteiger partial charge on any atom is 0.475 e. The molecule has 0 N–H and O–H groups in total. The van der Waals surface area contributed by atoms with Gasteiger partial charge in [0.25, 0.3) is 0 Å². The summed E-state index contributed by atoms with van der Waals surface area (Å²) in [5.41, 5.74) is 0.877. The smallest absolute Gasteiger partial charge is 0.423 e. The molecule has 6 aromatic rings. The molecule has 0 amide bonds. The van der Waals surface area contributed by atoms with E-state index < -0.39 is 31.7 Å². The van der Waals surface area contributed by atoms with E-state index in [1.165, 1.54) is 22.7 Å². The van der Waals surface area contributed by atoms with E-state index >= 15 is 0 Å². The van der Waals surface area contributed by atoms with Gasteiger partial charge in [-0.25, -0.2) is 9.55 Å². The molecular weight excluding hydrogens is 670 g/mol. The Morgan fingerprint density at radius 3 is 2.53 bits per heavy atom. The van der Waals surface area contributed by atoms with Gasteiger partial charge in [0.05, 0.1) is 24.9 Å². The topological polar surface area (TPSA) is 101 Å². The predicted molar refractivity (Wildman–Crippen MR) is 160 cm³/mol. The van der Waals surface area contributed by atoms with Crippen molar-refractivity contribution in [2.75, 3.05) is 6.61 Å². The van der Waals surface area contributed by atoms with E-state index in [4.69, 9.17) is 29.6 Å². The lowest BCUT2D eigenvalue weighted by molar-refractivity contribution is -0.290. The van der Waals surface area contributed by atoms with E-state index in [1.54, 1.807) is 54.6 Å². The van der Waals surface area contributed by atoms with E-state index in [0.29, 0.717) is 39.0 Å². The van der Waals surface area contributed by atoms with Crippen molar-refractivity contribution < 1.29 is 44.5 Å². The summed E-state index contributed by atoms with van der Waals surface area (Å²) in [6, 6.07) is 18.7. The van der Waals surface area contributed by atoms with Gasteiger partial charge in [0.2, 0.25) is 12.3 Å². The number of fused-ring (bicyclic) bond motifs is 3. The maximum absolute atomic E-state index is 14.7. The zero-order valence-electron chi connectivity index (χ0n) is 23.8. The Morgan fingerprint density at radius 1 is 1.00 bits per heavy atom. The first-order valence-corrected chi connectivity index (χ1v) is 15.8. The minimum atomic E-state index is -5.89. The van der Waals surface area contributed by atoms with Crippen LogP contribution in [0.5, 0.6) is 0 Å². The van der Waals surface area contributed by atoms with Crippen LogP contribution >= 0.6 is 19.4 Å². The summed E-state index contributed by atoms with van der Waals surface area (Å²) in [6.45, 7) is -0.0742. The molecule has 242 valence electrons. The minimum Gasteiger partial charge on any atom is -0.423 e. The van der Waals surface area contributed by atoms with Gasteiger partial charge in [0, 0.05) is 28.5 Å². The fourth-order valence-corrected chi connectivity index (χ4v) is 6.83. The molecule has 0 spiro atoms. The zero-order valence-corrected chi connectivity index (χ0v) is 25.5. The highest BCUT2D eigenvalue weighted by atomic mass is 35.5. The van der Waals surface area contributed by atoms with Gasteiger partial charge in [-0.2, -0.15) is 22.0 Å². The van der Waals surface area contributed by atoms with Crippen molar-refractivity contribution >= 4 is 36.0 Å². The summed E-state index contributed by atoms with van der Waals surface area (Å²) in [5.74, 6) is -5.12. The largest absolute Gasteiger partial charge is 0.475 e. The van der Waals surface area contributed by atoms with Crippen LogP contribution in [0, 0.1) is 0 Å². The summed E-state index contributed by atoms with van der Waals surface area (Å²) in [7, 11) is -3.96. The number of hydrogen-bond acceptors (Lipinski definition) is 8. The van der Waals surface area contributed by atoms with Crippen LogP contribution in [-0.2, 0) is 30.7 Å². The molecule has 1 aliphatic rings. The molecule has 2 atom stereocenters. The van der Waals surface area contributed by atoms with Crippen LogP contribution in [0.1, 0.15) is 29.3 Å². The van der Waals surface area contributed by atoms with Crippen LogP contribution in [-0.4, -0.2) is 32.4 Å². The fraction of sp³-hybridized carbons (Fsp3) is 0.194. The molecule has 5 heterocycles. The second-order valence-electron chi connectivity index (χ2n) is 10.7. The zero-order chi connectivity index (χ0) is 33.0. The number of rotatable bonds is 7. The second-order valence-corrected chi connectivity index (χ2v) is 12.7. The Labute approximate surface area is 267 Å². The monoisotopic (exact) mass is 690 g/mol. The van der Waals surface area contributed by atoms with Crippen LogP contribution in [0.3, 0.4) is 0 Å². The molecule has 0 saturated carbocycles. The van der Waals surface area contributed by atoms with Gasteiger partial charge in [-0.05, 0) is 58.7 Å². The third-order valence-corrected chi connectivity index (χ3v) is 9.27. The normalized spacial score (nSPS) is 19.1. The van der Waals surface area contributed by atoms with Crippen molar-refractivity contribution in [2.45, 2.75) is 31.2 Å². The maximum atomic E-state index is 14.7. The Kier molecular flexibility index (Phi) is 7.88. The molecule has 16 heteroatoms. The van der Waals surface area contributed by atoms with Crippen LogP contribution in [0.4, 0.5) is 22.0 Å². The lowest BCUT2D eigenvalue weighted by Crippen LogP contribution is -2.34. The Morgan fingerprint density at radius 2 is 1.81 bits per heavy atom. The molecule has 1 unspecified atom stereocenters. The first-order valence-electron chi connectivity index (χ1n) is 14.0. The van der Waals surface area contributed by atoms with Crippen LogP contribution in [0.15, 0.2) is 89.8 Å². The van der Waals surface area contributed by atoms with Gasteiger partial charge >= 0.3 is 19.9 Å². The summed E-state index contributed by atoms with van der Waals surface area (Å²) in [4.78, 5) is 3.80. The van der Waals surface area contributed by atoms with Gasteiger partial charge in [-0.3, -0.25) is 13.6 Å². The van der Waals surface area contributed by atoms with Crippen molar-refractivity contribution in [3.63, 3.8) is 0 Å². The molecule has 1 fully saturated rings. The first-order chi connectivity index (χ1) is 22.4. The predicted octanol–water partition coefficient (Wildman–Crippen LogP) is 9.31. The van der Waals surface area contributed by atoms with E-state index in [-0.39, 0.29) is 30.3 Å². The second kappa shape index (κ2) is 11.8. The van der Waals surface area contributed by atoms with Crippen molar-refractivity contribution in [3.05, 3.63) is 107 Å². The number of halogens is 6. The molecule has 47 heavy (non-hydrogen) atoms. The van der Waals surface area contributed by atoms with Gasteiger partial charge < -0.3 is 8.82 Å². The Balaban J connectivity index is 1.21. The highest BCUT2D eigenvalue weighted by Crippen LogP contribution is 2.57. The standard InChI is InChI=1S/C31H21ClF5N4O5P/c32-22-3-1-2-20(12-22)26-10-11-44-47(42,46-26)45-16-18-4-6-19(7-5-18)25-14-27(30(33,34)31(35,36)37)39-28-24(25)9-8-23-13-21(15-41(23)28)29-40-38-17-43-29/h1-9,12-15,17,26H,10-11,16H2/t26-,47?/m0/s1. The highest BCUT2D eigenvalue weighted by molar-refractivity contribution is 7.48. The Hall–Kier alpha value is -4.20. The molecular formula is C31H21ClF5N4O5P. The number of nitrogens with zero attached hydrogens (tertiary/aromatic N) is 4. The fourth-order valence-electron chi connectivity index (χ4n) is 5.26. The lowest BCUT2D eigenvalue weighted by Gasteiger charge is -2.29. The van der Waals surface area contributed by atoms with Crippen molar-refractivity contribution in [1.82, 2.24) is 19.6 Å². The van der Waals surface area contributed by atoms with Crippen LogP contribution in [0.2, 0.25) is 5.02 Å². The van der Waals surface area contributed by atoms with Crippen LogP contribution < -0.4 is 0 Å². The van der Waals surface area contributed by atoms with E-state index in [2.05, 4.69) is 15.2 Å². The molecule has 0 aliphatic carbocycles. The van der Waals surface area contributed by atoms with Crippen molar-refractivity contribution in [3.8, 4) is 22.6 Å². The number of benzene rings is 2. The number of aromatic nitrogens is 4. The number of phosphoric acid groups is 1. The Bertz CT molecular complexity index is 2140. The van der Waals surface area contributed by atoms with Crippen molar-refractivity contribution in [2.24, 2.45) is 0 Å². The van der Waals surface area contributed by atoms with E-state index in [0.717, 1.165) is 18.0 Å². The summed E-state index contributed by atoms with van der Waals surface area (Å²) in [5, 5.41) is 8.24.